The van der Waals surface area contributed by atoms with Crippen molar-refractivity contribution >= 4 is 65.4 Å². The number of fused-ring (bicyclic) bond motifs is 9. The standard InChI is InChI=1S/C49H33N3O/c1-53-37-24-21-35(22-25-37)50-45-17-9-6-14-39(45)42-29-32(19-27-47(42)50)33-20-28-48-43(30-33)40-15-7-10-18-46(40)52(48)36-23-26-41-38-13-5-8-16-44(38)51(49(41)31-36)34-11-3-2-4-12-34/h2-31H,1H3. The molecule has 0 aliphatic rings. The van der Waals surface area contributed by atoms with E-state index in [9.17, 15) is 0 Å². The number of methoxy groups -OCH3 is 1. The van der Waals surface area contributed by atoms with Crippen molar-refractivity contribution in [1.29, 1.82) is 0 Å². The van der Waals surface area contributed by atoms with Crippen LogP contribution in [0.1, 0.15) is 0 Å². The van der Waals surface area contributed by atoms with E-state index in [1.54, 1.807) is 7.11 Å². The summed E-state index contributed by atoms with van der Waals surface area (Å²) in [4.78, 5) is 0. The second kappa shape index (κ2) is 11.5. The largest absolute Gasteiger partial charge is 0.497 e. The fraction of sp³-hybridized carbons (Fsp3) is 0.0204. The van der Waals surface area contributed by atoms with Crippen molar-refractivity contribution < 1.29 is 4.74 Å². The molecule has 0 spiro atoms. The minimum absolute atomic E-state index is 0.851. The van der Waals surface area contributed by atoms with Gasteiger partial charge in [0, 0.05) is 49.4 Å². The van der Waals surface area contributed by atoms with Gasteiger partial charge in [0.2, 0.25) is 0 Å². The molecule has 250 valence electrons. The third kappa shape index (κ3) is 4.42. The van der Waals surface area contributed by atoms with Crippen molar-refractivity contribution in [2.45, 2.75) is 0 Å². The topological polar surface area (TPSA) is 24.0 Å². The SMILES string of the molecule is COc1ccc(-n2c3ccccc3c3cc(-c4ccc5c(c4)c4ccccc4n5-c4ccc5c6ccccc6n(-c6ccccc6)c5c4)ccc32)cc1. The van der Waals surface area contributed by atoms with E-state index in [4.69, 9.17) is 4.74 Å². The van der Waals surface area contributed by atoms with Crippen LogP contribution in [0.25, 0.3) is 93.6 Å². The average molecular weight is 680 g/mol. The Balaban J connectivity index is 1.09. The Labute approximate surface area is 305 Å². The van der Waals surface area contributed by atoms with Crippen LogP contribution in [0, 0.1) is 0 Å². The minimum Gasteiger partial charge on any atom is -0.497 e. The Bertz CT molecular complexity index is 3200. The second-order valence-corrected chi connectivity index (χ2v) is 13.8. The molecule has 3 heterocycles. The Morgan fingerprint density at radius 1 is 0.302 bits per heavy atom. The first-order chi connectivity index (χ1) is 26.2. The monoisotopic (exact) mass is 679 g/mol. The van der Waals surface area contributed by atoms with Gasteiger partial charge in [0.1, 0.15) is 5.75 Å². The van der Waals surface area contributed by atoms with Crippen LogP contribution in [0.2, 0.25) is 0 Å². The molecule has 0 saturated heterocycles. The summed E-state index contributed by atoms with van der Waals surface area (Å²) in [7, 11) is 1.71. The maximum atomic E-state index is 5.45. The fourth-order valence-corrected chi connectivity index (χ4v) is 8.55. The lowest BCUT2D eigenvalue weighted by molar-refractivity contribution is 0.415. The summed E-state index contributed by atoms with van der Waals surface area (Å²) >= 11 is 0. The lowest BCUT2D eigenvalue weighted by Gasteiger charge is -2.11. The van der Waals surface area contributed by atoms with Crippen molar-refractivity contribution in [3.05, 3.63) is 182 Å². The lowest BCUT2D eigenvalue weighted by atomic mass is 10.0. The predicted molar refractivity (Wildman–Crippen MR) is 221 cm³/mol. The second-order valence-electron chi connectivity index (χ2n) is 13.8. The highest BCUT2D eigenvalue weighted by Crippen LogP contribution is 2.40. The van der Waals surface area contributed by atoms with Gasteiger partial charge in [0.05, 0.1) is 40.2 Å². The van der Waals surface area contributed by atoms with E-state index in [1.165, 1.54) is 76.5 Å². The van der Waals surface area contributed by atoms with Crippen LogP contribution in [0.4, 0.5) is 0 Å². The molecule has 0 aliphatic heterocycles. The van der Waals surface area contributed by atoms with Gasteiger partial charge in [-0.25, -0.2) is 0 Å². The first-order valence-electron chi connectivity index (χ1n) is 18.1. The van der Waals surface area contributed by atoms with E-state index < -0.39 is 0 Å². The van der Waals surface area contributed by atoms with E-state index in [0.717, 1.165) is 22.8 Å². The molecule has 3 aromatic heterocycles. The molecule has 11 aromatic rings. The molecule has 0 unspecified atom stereocenters. The summed E-state index contributed by atoms with van der Waals surface area (Å²) in [5.41, 5.74) is 13.0. The molecule has 4 nitrogen and oxygen atoms in total. The van der Waals surface area contributed by atoms with Crippen molar-refractivity contribution in [3.8, 4) is 33.9 Å². The Morgan fingerprint density at radius 2 is 0.717 bits per heavy atom. The number of rotatable bonds is 5. The summed E-state index contributed by atoms with van der Waals surface area (Å²) < 4.78 is 12.6. The molecule has 0 aliphatic carbocycles. The van der Waals surface area contributed by atoms with Crippen molar-refractivity contribution in [3.63, 3.8) is 0 Å². The molecule has 0 bridgehead atoms. The van der Waals surface area contributed by atoms with Gasteiger partial charge in [-0.05, 0) is 102 Å². The van der Waals surface area contributed by atoms with Crippen LogP contribution in [-0.4, -0.2) is 20.8 Å². The zero-order valence-corrected chi connectivity index (χ0v) is 29.1. The maximum Gasteiger partial charge on any atom is 0.119 e. The minimum atomic E-state index is 0.851. The number of para-hydroxylation sites is 4. The van der Waals surface area contributed by atoms with E-state index in [0.29, 0.717) is 0 Å². The molecule has 0 atom stereocenters. The van der Waals surface area contributed by atoms with Gasteiger partial charge < -0.3 is 18.4 Å². The van der Waals surface area contributed by atoms with Crippen LogP contribution in [-0.2, 0) is 0 Å². The van der Waals surface area contributed by atoms with Gasteiger partial charge in [-0.1, -0.05) is 91.0 Å². The molecular formula is C49H33N3O. The number of ether oxygens (including phenoxy) is 1. The Hall–Kier alpha value is -7.04. The normalized spacial score (nSPS) is 11.9. The van der Waals surface area contributed by atoms with Crippen LogP contribution in [0.3, 0.4) is 0 Å². The molecule has 11 rings (SSSR count). The number of aromatic nitrogens is 3. The van der Waals surface area contributed by atoms with E-state index >= 15 is 0 Å². The Morgan fingerprint density at radius 3 is 1.28 bits per heavy atom. The van der Waals surface area contributed by atoms with Gasteiger partial charge in [-0.15, -0.1) is 0 Å². The van der Waals surface area contributed by atoms with Crippen LogP contribution in [0.15, 0.2) is 182 Å². The van der Waals surface area contributed by atoms with Crippen LogP contribution < -0.4 is 4.74 Å². The van der Waals surface area contributed by atoms with Gasteiger partial charge in [0.15, 0.2) is 0 Å². The third-order valence-electron chi connectivity index (χ3n) is 10.9. The van der Waals surface area contributed by atoms with Gasteiger partial charge >= 0.3 is 0 Å². The molecule has 0 saturated carbocycles. The molecule has 8 aromatic carbocycles. The van der Waals surface area contributed by atoms with Crippen molar-refractivity contribution in [1.82, 2.24) is 13.7 Å². The number of benzene rings is 8. The molecule has 0 N–H and O–H groups in total. The molecule has 0 fully saturated rings. The number of hydrogen-bond donors (Lipinski definition) is 0. The van der Waals surface area contributed by atoms with E-state index in [-0.39, 0.29) is 0 Å². The zero-order chi connectivity index (χ0) is 35.0. The number of hydrogen-bond acceptors (Lipinski definition) is 1. The smallest absolute Gasteiger partial charge is 0.119 e. The lowest BCUT2D eigenvalue weighted by Crippen LogP contribution is -1.96. The summed E-state index contributed by atoms with van der Waals surface area (Å²) in [5, 5.41) is 7.46. The highest BCUT2D eigenvalue weighted by atomic mass is 16.5. The molecule has 4 heteroatoms. The Kier molecular flexibility index (Phi) is 6.43. The fourth-order valence-electron chi connectivity index (χ4n) is 8.55. The first-order valence-corrected chi connectivity index (χ1v) is 18.1. The van der Waals surface area contributed by atoms with Crippen molar-refractivity contribution in [2.24, 2.45) is 0 Å². The first kappa shape index (κ1) is 29.7. The van der Waals surface area contributed by atoms with Crippen molar-refractivity contribution in [2.75, 3.05) is 7.11 Å². The van der Waals surface area contributed by atoms with E-state index in [1.807, 2.05) is 12.1 Å². The zero-order valence-electron chi connectivity index (χ0n) is 29.1. The molecule has 53 heavy (non-hydrogen) atoms. The molecule has 0 amide bonds. The predicted octanol–water partition coefficient (Wildman–Crippen LogP) is 12.7. The quantitative estimate of drug-likeness (QED) is 0.178. The highest BCUT2D eigenvalue weighted by Gasteiger charge is 2.18. The highest BCUT2D eigenvalue weighted by molar-refractivity contribution is 6.14. The molecule has 0 radical (unpaired) electrons. The van der Waals surface area contributed by atoms with E-state index in [2.05, 4.69) is 184 Å². The van der Waals surface area contributed by atoms with Crippen LogP contribution >= 0.6 is 0 Å². The van der Waals surface area contributed by atoms with Crippen LogP contribution in [0.5, 0.6) is 5.75 Å². The summed E-state index contributed by atoms with van der Waals surface area (Å²) in [5.74, 6) is 0.851. The van der Waals surface area contributed by atoms with Gasteiger partial charge in [-0.2, -0.15) is 0 Å². The average Bonchev–Trinajstić information content (AvgIpc) is 3.86. The summed E-state index contributed by atoms with van der Waals surface area (Å²) in [6.45, 7) is 0. The third-order valence-corrected chi connectivity index (χ3v) is 10.9. The maximum absolute atomic E-state index is 5.45. The number of nitrogens with zero attached hydrogens (tertiary/aromatic N) is 3. The summed E-state index contributed by atoms with van der Waals surface area (Å²) in [6, 6.07) is 65.9. The summed E-state index contributed by atoms with van der Waals surface area (Å²) in [6.07, 6.45) is 0. The van der Waals surface area contributed by atoms with Gasteiger partial charge in [0.25, 0.3) is 0 Å². The molecular weight excluding hydrogens is 647 g/mol. The van der Waals surface area contributed by atoms with Gasteiger partial charge in [-0.3, -0.25) is 0 Å².